The van der Waals surface area contributed by atoms with Gasteiger partial charge in [0.25, 0.3) is 5.91 Å². The Labute approximate surface area is 112 Å². The van der Waals surface area contributed by atoms with Crippen LogP contribution < -0.4 is 5.32 Å². The van der Waals surface area contributed by atoms with E-state index in [1.165, 1.54) is 0 Å². The second kappa shape index (κ2) is 7.53. The molecule has 0 saturated heterocycles. The Kier molecular flexibility index (Phi) is 6.02. The Bertz CT molecular complexity index is 445. The van der Waals surface area contributed by atoms with Crippen LogP contribution in [0, 0.1) is 0 Å². The monoisotopic (exact) mass is 265 g/mol. The van der Waals surface area contributed by atoms with Crippen LogP contribution >= 0.6 is 0 Å². The van der Waals surface area contributed by atoms with Crippen LogP contribution in [0.25, 0.3) is 0 Å². The molecule has 0 spiro atoms. The minimum absolute atomic E-state index is 0.205. The number of rotatable bonds is 6. The highest BCUT2D eigenvalue weighted by atomic mass is 16.5. The lowest BCUT2D eigenvalue weighted by Gasteiger charge is -2.16. The summed E-state index contributed by atoms with van der Waals surface area (Å²) < 4.78 is 4.77. The van der Waals surface area contributed by atoms with Gasteiger partial charge in [0.15, 0.2) is 6.04 Å². The van der Waals surface area contributed by atoms with Gasteiger partial charge in [0.1, 0.15) is 0 Å². The minimum Gasteiger partial charge on any atom is -0.464 e. The molecule has 1 aromatic rings. The molecule has 0 aromatic heterocycles. The Morgan fingerprint density at radius 3 is 2.58 bits per heavy atom. The average Bonchev–Trinajstić information content (AvgIpc) is 2.44. The summed E-state index contributed by atoms with van der Waals surface area (Å²) in [6.45, 7) is 3.33. The number of hydrogen-bond donors (Lipinski definition) is 2. The third-order valence-electron chi connectivity index (χ3n) is 2.70. The van der Waals surface area contributed by atoms with Gasteiger partial charge >= 0.3 is 5.97 Å². The molecule has 5 heteroatoms. The van der Waals surface area contributed by atoms with Crippen molar-refractivity contribution in [1.29, 1.82) is 0 Å². The molecular weight excluding hydrogens is 246 g/mol. The Morgan fingerprint density at radius 1 is 1.32 bits per heavy atom. The van der Waals surface area contributed by atoms with Crippen molar-refractivity contribution < 1.29 is 19.4 Å². The number of amides is 1. The van der Waals surface area contributed by atoms with Crippen molar-refractivity contribution in [2.75, 3.05) is 13.2 Å². The lowest BCUT2D eigenvalue weighted by atomic mass is 10.0. The molecule has 0 aliphatic carbocycles. The number of aliphatic hydroxyl groups excluding tert-OH is 1. The first-order valence-corrected chi connectivity index (χ1v) is 6.30. The average molecular weight is 265 g/mol. The van der Waals surface area contributed by atoms with E-state index in [9.17, 15) is 9.59 Å². The fourth-order valence-electron chi connectivity index (χ4n) is 1.71. The molecule has 1 unspecified atom stereocenters. The maximum atomic E-state index is 12.1. The second-order valence-corrected chi connectivity index (χ2v) is 3.97. The van der Waals surface area contributed by atoms with Gasteiger partial charge in [-0.25, -0.2) is 4.79 Å². The predicted octanol–water partition coefficient (Wildman–Crippen LogP) is 0.903. The summed E-state index contributed by atoms with van der Waals surface area (Å²) in [5.41, 5.74) is 1.40. The van der Waals surface area contributed by atoms with Gasteiger partial charge in [0, 0.05) is 5.56 Å². The summed E-state index contributed by atoms with van der Waals surface area (Å²) in [6.07, 6.45) is 0.715. The summed E-state index contributed by atoms with van der Waals surface area (Å²) in [6, 6.07) is 6.12. The van der Waals surface area contributed by atoms with Crippen molar-refractivity contribution in [2.24, 2.45) is 0 Å². The van der Waals surface area contributed by atoms with Crippen LogP contribution in [-0.2, 0) is 16.0 Å². The molecule has 5 nitrogen and oxygen atoms in total. The minimum atomic E-state index is -1.03. The second-order valence-electron chi connectivity index (χ2n) is 3.97. The standard InChI is InChI=1S/C14H19NO4/c1-3-10-7-5-6-8-11(10)13(17)15-12(9-16)14(18)19-4-2/h5-8,12,16H,3-4,9H2,1-2H3,(H,15,17). The van der Waals surface area contributed by atoms with Crippen LogP contribution in [0.1, 0.15) is 29.8 Å². The number of carbonyl (C=O) groups excluding carboxylic acids is 2. The first kappa shape index (κ1) is 15.2. The van der Waals surface area contributed by atoms with Gasteiger partial charge < -0.3 is 15.2 Å². The lowest BCUT2D eigenvalue weighted by molar-refractivity contribution is -0.146. The van der Waals surface area contributed by atoms with E-state index in [2.05, 4.69) is 5.32 Å². The summed E-state index contributed by atoms with van der Waals surface area (Å²) in [5, 5.41) is 11.6. The number of ether oxygens (including phenoxy) is 1. The molecule has 1 amide bonds. The molecule has 1 aromatic carbocycles. The molecule has 2 N–H and O–H groups in total. The maximum Gasteiger partial charge on any atom is 0.331 e. The van der Waals surface area contributed by atoms with E-state index >= 15 is 0 Å². The zero-order valence-corrected chi connectivity index (χ0v) is 11.2. The van der Waals surface area contributed by atoms with E-state index in [1.54, 1.807) is 19.1 Å². The SMILES string of the molecule is CCOC(=O)C(CO)NC(=O)c1ccccc1CC. The number of esters is 1. The zero-order chi connectivity index (χ0) is 14.3. The van der Waals surface area contributed by atoms with Gasteiger partial charge in [-0.15, -0.1) is 0 Å². The van der Waals surface area contributed by atoms with Crippen molar-refractivity contribution >= 4 is 11.9 Å². The molecule has 0 fully saturated rings. The smallest absolute Gasteiger partial charge is 0.331 e. The number of aliphatic hydroxyl groups is 1. The van der Waals surface area contributed by atoms with Crippen LogP contribution in [0.5, 0.6) is 0 Å². The summed E-state index contributed by atoms with van der Waals surface area (Å²) in [5.74, 6) is -1.02. The topological polar surface area (TPSA) is 75.6 Å². The van der Waals surface area contributed by atoms with E-state index in [1.807, 2.05) is 19.1 Å². The quantitative estimate of drug-likeness (QED) is 0.749. The highest BCUT2D eigenvalue weighted by Crippen LogP contribution is 2.09. The van der Waals surface area contributed by atoms with Gasteiger partial charge in [-0.3, -0.25) is 4.79 Å². The van der Waals surface area contributed by atoms with Gasteiger partial charge in [-0.05, 0) is 25.0 Å². The van der Waals surface area contributed by atoms with Crippen LogP contribution in [-0.4, -0.2) is 36.2 Å². The molecule has 0 saturated carbocycles. The van der Waals surface area contributed by atoms with E-state index in [0.717, 1.165) is 5.56 Å². The molecule has 1 rings (SSSR count). The van der Waals surface area contributed by atoms with E-state index in [0.29, 0.717) is 12.0 Å². The molecule has 0 aliphatic heterocycles. The van der Waals surface area contributed by atoms with Crippen molar-refractivity contribution in [3.8, 4) is 0 Å². The van der Waals surface area contributed by atoms with Gasteiger partial charge in [0.05, 0.1) is 13.2 Å². The molecule has 0 bridgehead atoms. The molecule has 104 valence electrons. The largest absolute Gasteiger partial charge is 0.464 e. The lowest BCUT2D eigenvalue weighted by Crippen LogP contribution is -2.44. The molecule has 0 aliphatic rings. The third-order valence-corrected chi connectivity index (χ3v) is 2.70. The fourth-order valence-corrected chi connectivity index (χ4v) is 1.71. The Morgan fingerprint density at radius 2 is 2.00 bits per heavy atom. The fraction of sp³-hybridized carbons (Fsp3) is 0.429. The highest BCUT2D eigenvalue weighted by Gasteiger charge is 2.22. The third kappa shape index (κ3) is 4.06. The van der Waals surface area contributed by atoms with Crippen molar-refractivity contribution in [1.82, 2.24) is 5.32 Å². The first-order valence-electron chi connectivity index (χ1n) is 6.30. The zero-order valence-electron chi connectivity index (χ0n) is 11.2. The Hall–Kier alpha value is -1.88. The number of carbonyl (C=O) groups is 2. The first-order chi connectivity index (χ1) is 9.13. The molecule has 1 atom stereocenters. The van der Waals surface area contributed by atoms with E-state index in [4.69, 9.17) is 9.84 Å². The van der Waals surface area contributed by atoms with Gasteiger partial charge in [-0.2, -0.15) is 0 Å². The summed E-state index contributed by atoms with van der Waals surface area (Å²) in [4.78, 5) is 23.6. The summed E-state index contributed by atoms with van der Waals surface area (Å²) in [7, 11) is 0. The van der Waals surface area contributed by atoms with Crippen molar-refractivity contribution in [3.05, 3.63) is 35.4 Å². The van der Waals surface area contributed by atoms with Gasteiger partial charge in [-0.1, -0.05) is 25.1 Å². The van der Waals surface area contributed by atoms with E-state index < -0.39 is 18.6 Å². The molecule has 0 heterocycles. The normalized spacial score (nSPS) is 11.7. The maximum absolute atomic E-state index is 12.1. The molecule has 0 radical (unpaired) electrons. The van der Waals surface area contributed by atoms with Gasteiger partial charge in [0.2, 0.25) is 0 Å². The molecular formula is C14H19NO4. The van der Waals surface area contributed by atoms with Crippen molar-refractivity contribution in [2.45, 2.75) is 26.3 Å². The molecule has 19 heavy (non-hydrogen) atoms. The number of benzene rings is 1. The van der Waals surface area contributed by atoms with Crippen LogP contribution in [0.3, 0.4) is 0 Å². The Balaban J connectivity index is 2.80. The van der Waals surface area contributed by atoms with E-state index in [-0.39, 0.29) is 12.5 Å². The van der Waals surface area contributed by atoms with Crippen LogP contribution in [0.15, 0.2) is 24.3 Å². The number of aryl methyl sites for hydroxylation is 1. The highest BCUT2D eigenvalue weighted by molar-refractivity contribution is 5.98. The van der Waals surface area contributed by atoms with Crippen molar-refractivity contribution in [3.63, 3.8) is 0 Å². The van der Waals surface area contributed by atoms with Crippen LogP contribution in [0.2, 0.25) is 0 Å². The number of nitrogens with one attached hydrogen (secondary N) is 1. The summed E-state index contributed by atoms with van der Waals surface area (Å²) >= 11 is 0. The number of hydrogen-bond acceptors (Lipinski definition) is 4. The van der Waals surface area contributed by atoms with Crippen LogP contribution in [0.4, 0.5) is 0 Å². The predicted molar refractivity (Wildman–Crippen MR) is 70.8 cm³/mol.